The summed E-state index contributed by atoms with van der Waals surface area (Å²) in [7, 11) is 1.66. The van der Waals surface area contributed by atoms with E-state index in [4.69, 9.17) is 29.0 Å². The van der Waals surface area contributed by atoms with Crippen molar-refractivity contribution in [3.8, 4) is 11.3 Å². The van der Waals surface area contributed by atoms with Crippen LogP contribution in [0.25, 0.3) is 11.3 Å². The maximum Gasteiger partial charge on any atom is 0.414 e. The van der Waals surface area contributed by atoms with E-state index in [2.05, 4.69) is 10.3 Å². The van der Waals surface area contributed by atoms with Gasteiger partial charge in [0.1, 0.15) is 17.3 Å². The molecule has 10 heteroatoms. The molecule has 9 nitrogen and oxygen atoms in total. The zero-order chi connectivity index (χ0) is 22.1. The molecule has 0 radical (unpaired) electrons. The Balaban J connectivity index is 0.000000469. The molecule has 30 heavy (non-hydrogen) atoms. The lowest BCUT2D eigenvalue weighted by atomic mass is 10.1. The number of hydrogen-bond donors (Lipinski definition) is 3. The fraction of sp³-hybridized carbons (Fsp3) is 0.250. The smallest absolute Gasteiger partial charge is 0.414 e. The molecule has 0 aliphatic carbocycles. The van der Waals surface area contributed by atoms with E-state index in [1.54, 1.807) is 25.4 Å². The summed E-state index contributed by atoms with van der Waals surface area (Å²) in [6.07, 6.45) is 1.78. The van der Waals surface area contributed by atoms with Gasteiger partial charge in [0.05, 0.1) is 25.0 Å². The number of carboxylic acid groups (broad SMARTS) is 2. The fourth-order valence-corrected chi connectivity index (χ4v) is 2.52. The quantitative estimate of drug-likeness (QED) is 0.499. The van der Waals surface area contributed by atoms with Crippen LogP contribution in [0.4, 0.5) is 10.3 Å². The Morgan fingerprint density at radius 3 is 2.37 bits per heavy atom. The summed E-state index contributed by atoms with van der Waals surface area (Å²) in [5.41, 5.74) is 1.81. The van der Waals surface area contributed by atoms with Gasteiger partial charge in [0.2, 0.25) is 5.95 Å². The summed E-state index contributed by atoms with van der Waals surface area (Å²) >= 11 is 0. The van der Waals surface area contributed by atoms with E-state index in [0.29, 0.717) is 19.7 Å². The highest BCUT2D eigenvalue weighted by atomic mass is 19.1. The molecule has 0 spiro atoms. The van der Waals surface area contributed by atoms with Crippen molar-refractivity contribution in [2.24, 2.45) is 0 Å². The minimum Gasteiger partial charge on any atom is -0.473 e. The molecule has 0 saturated carbocycles. The molecule has 3 rings (SSSR count). The summed E-state index contributed by atoms with van der Waals surface area (Å²) in [5.74, 6) is -1.46. The minimum atomic E-state index is -1.82. The summed E-state index contributed by atoms with van der Waals surface area (Å²) in [5, 5.41) is 18.1. The number of carbonyl (C=O) groups is 2. The Kier molecular flexibility index (Phi) is 8.12. The number of methoxy groups -OCH3 is 1. The Morgan fingerprint density at radius 1 is 1.17 bits per heavy atom. The van der Waals surface area contributed by atoms with Crippen molar-refractivity contribution < 1.29 is 33.3 Å². The number of benzene rings is 1. The van der Waals surface area contributed by atoms with Gasteiger partial charge in [0.25, 0.3) is 0 Å². The first-order valence-electron chi connectivity index (χ1n) is 8.87. The first-order chi connectivity index (χ1) is 14.3. The standard InChI is InChI=1S/C18H20FN3O2.C2H2O4/c1-13-3-8-16(24-13)11-20-18-21-12-17(22(18)9-10-23-2)14-4-6-15(19)7-5-14;3-1(4)2(5)6/h3-8,12H,9-11H2,1-2H3,(H,20,21);(H,3,4)(H,5,6). The van der Waals surface area contributed by atoms with Gasteiger partial charge in [-0.3, -0.25) is 0 Å². The van der Waals surface area contributed by atoms with Crippen LogP contribution in [-0.2, 0) is 27.4 Å². The zero-order valence-corrected chi connectivity index (χ0v) is 16.5. The average molecular weight is 419 g/mol. The van der Waals surface area contributed by atoms with Crippen molar-refractivity contribution in [3.63, 3.8) is 0 Å². The number of nitrogens with one attached hydrogen (secondary N) is 1. The van der Waals surface area contributed by atoms with Gasteiger partial charge in [0, 0.05) is 19.2 Å². The van der Waals surface area contributed by atoms with E-state index < -0.39 is 11.9 Å². The lowest BCUT2D eigenvalue weighted by molar-refractivity contribution is -0.159. The number of carboxylic acids is 2. The van der Waals surface area contributed by atoms with E-state index in [1.165, 1.54) is 12.1 Å². The number of furan rings is 1. The van der Waals surface area contributed by atoms with Crippen molar-refractivity contribution >= 4 is 17.9 Å². The van der Waals surface area contributed by atoms with Crippen molar-refractivity contribution in [2.45, 2.75) is 20.0 Å². The summed E-state index contributed by atoms with van der Waals surface area (Å²) in [6.45, 7) is 3.65. The normalized spacial score (nSPS) is 10.2. The van der Waals surface area contributed by atoms with E-state index in [0.717, 1.165) is 28.7 Å². The number of halogens is 1. The van der Waals surface area contributed by atoms with Gasteiger partial charge in [-0.25, -0.2) is 19.0 Å². The number of hydrogen-bond acceptors (Lipinski definition) is 6. The number of imidazole rings is 1. The van der Waals surface area contributed by atoms with Crippen molar-refractivity contribution in [1.82, 2.24) is 9.55 Å². The zero-order valence-electron chi connectivity index (χ0n) is 16.5. The highest BCUT2D eigenvalue weighted by Gasteiger charge is 2.12. The lowest BCUT2D eigenvalue weighted by Crippen LogP contribution is -2.11. The van der Waals surface area contributed by atoms with Gasteiger partial charge in [-0.2, -0.15) is 0 Å². The molecule has 0 fully saturated rings. The molecular weight excluding hydrogens is 397 g/mol. The van der Waals surface area contributed by atoms with Crippen LogP contribution in [0, 0.1) is 12.7 Å². The molecule has 0 unspecified atom stereocenters. The maximum atomic E-state index is 13.2. The topological polar surface area (TPSA) is 127 Å². The van der Waals surface area contributed by atoms with Crippen LogP contribution >= 0.6 is 0 Å². The van der Waals surface area contributed by atoms with Crippen LogP contribution in [0.1, 0.15) is 11.5 Å². The molecule has 0 bridgehead atoms. The Labute approximate surface area is 171 Å². The van der Waals surface area contributed by atoms with E-state index >= 15 is 0 Å². The largest absolute Gasteiger partial charge is 0.473 e. The van der Waals surface area contributed by atoms with Crippen LogP contribution in [0.2, 0.25) is 0 Å². The molecule has 2 aromatic heterocycles. The summed E-state index contributed by atoms with van der Waals surface area (Å²) in [6, 6.07) is 10.2. The Hall–Kier alpha value is -3.66. The van der Waals surface area contributed by atoms with E-state index in [1.807, 2.05) is 23.6 Å². The molecule has 2 heterocycles. The second-order valence-electron chi connectivity index (χ2n) is 6.09. The fourth-order valence-electron chi connectivity index (χ4n) is 2.52. The third kappa shape index (κ3) is 6.45. The second-order valence-corrected chi connectivity index (χ2v) is 6.09. The van der Waals surface area contributed by atoms with E-state index in [9.17, 15) is 4.39 Å². The predicted octanol–water partition coefficient (Wildman–Crippen LogP) is 3.00. The highest BCUT2D eigenvalue weighted by molar-refractivity contribution is 6.27. The Morgan fingerprint density at radius 2 is 1.83 bits per heavy atom. The molecule has 0 aliphatic heterocycles. The van der Waals surface area contributed by atoms with Crippen molar-refractivity contribution in [2.75, 3.05) is 19.0 Å². The Bertz CT molecular complexity index is 969. The number of nitrogens with zero attached hydrogens (tertiary/aromatic N) is 2. The molecule has 160 valence electrons. The second kappa shape index (κ2) is 10.8. The molecule has 0 atom stereocenters. The minimum absolute atomic E-state index is 0.256. The molecule has 0 aliphatic rings. The maximum absolute atomic E-state index is 13.2. The molecule has 3 N–H and O–H groups in total. The van der Waals surface area contributed by atoms with Crippen molar-refractivity contribution in [1.29, 1.82) is 0 Å². The number of aryl methyl sites for hydroxylation is 1. The van der Waals surface area contributed by atoms with Crippen LogP contribution < -0.4 is 5.32 Å². The number of aromatic nitrogens is 2. The first-order valence-corrected chi connectivity index (χ1v) is 8.87. The number of rotatable bonds is 7. The van der Waals surface area contributed by atoms with Crippen LogP contribution in [0.15, 0.2) is 47.0 Å². The van der Waals surface area contributed by atoms with Gasteiger partial charge in [0.15, 0.2) is 0 Å². The third-order valence-corrected chi connectivity index (χ3v) is 3.91. The molecule has 0 amide bonds. The third-order valence-electron chi connectivity index (χ3n) is 3.91. The SMILES string of the molecule is COCCn1c(-c2ccc(F)cc2)cnc1NCc1ccc(C)o1.O=C(O)C(=O)O. The predicted molar refractivity (Wildman–Crippen MR) is 106 cm³/mol. The summed E-state index contributed by atoms with van der Waals surface area (Å²) < 4.78 is 25.9. The average Bonchev–Trinajstić information content (AvgIpc) is 3.31. The van der Waals surface area contributed by atoms with Gasteiger partial charge in [-0.05, 0) is 43.3 Å². The monoisotopic (exact) mass is 419 g/mol. The molecular formula is C20H22FN3O6. The highest BCUT2D eigenvalue weighted by Crippen LogP contribution is 2.24. The van der Waals surface area contributed by atoms with Crippen LogP contribution in [-0.4, -0.2) is 45.4 Å². The molecule has 0 saturated heterocycles. The van der Waals surface area contributed by atoms with Crippen molar-refractivity contribution in [3.05, 3.63) is 59.9 Å². The number of ether oxygens (including phenoxy) is 1. The van der Waals surface area contributed by atoms with Crippen LogP contribution in [0.3, 0.4) is 0 Å². The number of aliphatic carboxylic acids is 2. The molecule has 1 aromatic carbocycles. The lowest BCUT2D eigenvalue weighted by Gasteiger charge is -2.12. The van der Waals surface area contributed by atoms with E-state index in [-0.39, 0.29) is 5.82 Å². The van der Waals surface area contributed by atoms with Gasteiger partial charge in [-0.1, -0.05) is 0 Å². The van der Waals surface area contributed by atoms with Gasteiger partial charge in [-0.15, -0.1) is 0 Å². The van der Waals surface area contributed by atoms with Crippen LogP contribution in [0.5, 0.6) is 0 Å². The first kappa shape index (κ1) is 22.6. The number of anilines is 1. The summed E-state index contributed by atoms with van der Waals surface area (Å²) in [4.78, 5) is 22.6. The van der Waals surface area contributed by atoms with Gasteiger partial charge >= 0.3 is 11.9 Å². The molecule has 3 aromatic rings. The van der Waals surface area contributed by atoms with Gasteiger partial charge < -0.3 is 29.3 Å².